The van der Waals surface area contributed by atoms with E-state index in [-0.39, 0.29) is 24.4 Å². The Morgan fingerprint density at radius 1 is 1.10 bits per heavy atom. The summed E-state index contributed by atoms with van der Waals surface area (Å²) in [4.78, 5) is 29.3. The van der Waals surface area contributed by atoms with Crippen molar-refractivity contribution in [2.45, 2.75) is 52.5 Å². The van der Waals surface area contributed by atoms with Crippen molar-refractivity contribution in [3.05, 3.63) is 30.1 Å². The summed E-state index contributed by atoms with van der Waals surface area (Å²) in [6.45, 7) is 5.21. The van der Waals surface area contributed by atoms with E-state index in [0.29, 0.717) is 24.3 Å². The van der Waals surface area contributed by atoms with Crippen LogP contribution in [0.3, 0.4) is 0 Å². The van der Waals surface area contributed by atoms with Gasteiger partial charge in [-0.05, 0) is 24.5 Å². The quantitative estimate of drug-likeness (QED) is 0.359. The van der Waals surface area contributed by atoms with Crippen molar-refractivity contribution >= 4 is 23.1 Å². The molecule has 0 aliphatic rings. The van der Waals surface area contributed by atoms with Crippen LogP contribution in [0.1, 0.15) is 51.5 Å². The zero-order chi connectivity index (χ0) is 22.1. The van der Waals surface area contributed by atoms with Gasteiger partial charge in [0.1, 0.15) is 0 Å². The van der Waals surface area contributed by atoms with Gasteiger partial charge < -0.3 is 19.9 Å². The summed E-state index contributed by atoms with van der Waals surface area (Å²) < 4.78 is 17.8. The van der Waals surface area contributed by atoms with E-state index in [2.05, 4.69) is 33.8 Å². The Bertz CT molecular complexity index is 992. The van der Waals surface area contributed by atoms with Crippen LogP contribution in [-0.4, -0.2) is 43.9 Å². The fourth-order valence-corrected chi connectivity index (χ4v) is 2.86. The molecule has 0 fully saturated rings. The second-order valence-electron chi connectivity index (χ2n) is 7.02. The van der Waals surface area contributed by atoms with Gasteiger partial charge in [-0.15, -0.1) is 0 Å². The first-order valence-corrected chi connectivity index (χ1v) is 10.5. The second kappa shape index (κ2) is 11.1. The number of ether oxygens (including phenoxy) is 3. The minimum atomic E-state index is -0.829. The van der Waals surface area contributed by atoms with Crippen LogP contribution < -0.4 is 15.2 Å². The SMILES string of the molecule is CCCCCOC(=O)Oc1nc2c(N)nc(OCCCC)nc2n1Cc1cccnc1. The number of unbranched alkanes of at least 4 members (excludes halogenated alkanes) is 3. The summed E-state index contributed by atoms with van der Waals surface area (Å²) in [5, 5.41) is 0. The highest BCUT2D eigenvalue weighted by molar-refractivity contribution is 5.83. The van der Waals surface area contributed by atoms with Gasteiger partial charge in [0, 0.05) is 12.4 Å². The number of nitrogens with two attached hydrogens (primary N) is 1. The smallest absolute Gasteiger partial charge is 0.463 e. The molecule has 2 N–H and O–H groups in total. The Morgan fingerprint density at radius 2 is 1.94 bits per heavy atom. The van der Waals surface area contributed by atoms with Gasteiger partial charge in [0.2, 0.25) is 0 Å². The molecule has 0 saturated carbocycles. The van der Waals surface area contributed by atoms with Crippen molar-refractivity contribution in [3.8, 4) is 12.0 Å². The Balaban J connectivity index is 1.90. The fourth-order valence-electron chi connectivity index (χ4n) is 2.86. The summed E-state index contributed by atoms with van der Waals surface area (Å²) in [5.41, 5.74) is 7.68. The lowest BCUT2D eigenvalue weighted by molar-refractivity contribution is 0.0930. The Hall–Kier alpha value is -3.43. The molecule has 0 unspecified atom stereocenters. The van der Waals surface area contributed by atoms with E-state index in [0.717, 1.165) is 37.7 Å². The number of anilines is 1. The van der Waals surface area contributed by atoms with Crippen LogP contribution in [0.2, 0.25) is 0 Å². The Labute approximate surface area is 180 Å². The maximum absolute atomic E-state index is 12.2. The van der Waals surface area contributed by atoms with Gasteiger partial charge in [-0.2, -0.15) is 15.0 Å². The van der Waals surface area contributed by atoms with Crippen LogP contribution in [0.4, 0.5) is 10.6 Å². The van der Waals surface area contributed by atoms with Gasteiger partial charge in [-0.1, -0.05) is 39.2 Å². The third-order valence-corrected chi connectivity index (χ3v) is 4.50. The molecule has 0 bridgehead atoms. The molecule has 31 heavy (non-hydrogen) atoms. The minimum absolute atomic E-state index is 0.0195. The number of imidazole rings is 1. The number of carbonyl (C=O) groups is 1. The summed E-state index contributed by atoms with van der Waals surface area (Å²) in [7, 11) is 0. The third-order valence-electron chi connectivity index (χ3n) is 4.50. The molecule has 0 amide bonds. The summed E-state index contributed by atoms with van der Waals surface area (Å²) in [5.74, 6) is 0.141. The molecule has 166 valence electrons. The lowest BCUT2D eigenvalue weighted by Gasteiger charge is -2.09. The predicted octanol–water partition coefficient (Wildman–Crippen LogP) is 3.74. The second-order valence-corrected chi connectivity index (χ2v) is 7.02. The standard InChI is InChI=1S/C21H28N6O4/c1-3-5-7-12-30-21(28)31-20-24-16-17(22)25-19(29-11-6-4-2)26-18(16)27(20)14-15-9-8-10-23-13-15/h8-10,13H,3-7,11-12,14H2,1-2H3,(H2,22,25,26). The Kier molecular flexibility index (Phi) is 7.97. The molecule has 0 saturated heterocycles. The van der Waals surface area contributed by atoms with E-state index in [1.807, 2.05) is 12.1 Å². The molecule has 0 aromatic carbocycles. The molecule has 0 aliphatic heterocycles. The number of nitrogen functional groups attached to an aromatic ring is 1. The van der Waals surface area contributed by atoms with E-state index in [1.165, 1.54) is 0 Å². The number of nitrogens with zero attached hydrogens (tertiary/aromatic N) is 5. The van der Waals surface area contributed by atoms with Crippen molar-refractivity contribution in [1.82, 2.24) is 24.5 Å². The topological polar surface area (TPSA) is 127 Å². The zero-order valence-corrected chi connectivity index (χ0v) is 17.9. The highest BCUT2D eigenvalue weighted by Crippen LogP contribution is 2.27. The molecule has 0 radical (unpaired) electrons. The number of hydrogen-bond acceptors (Lipinski definition) is 9. The van der Waals surface area contributed by atoms with Crippen molar-refractivity contribution in [1.29, 1.82) is 0 Å². The maximum Gasteiger partial charge on any atom is 0.516 e. The van der Waals surface area contributed by atoms with E-state index in [9.17, 15) is 4.79 Å². The highest BCUT2D eigenvalue weighted by Gasteiger charge is 2.21. The lowest BCUT2D eigenvalue weighted by atomic mass is 10.3. The normalized spacial score (nSPS) is 10.9. The first-order chi connectivity index (χ1) is 15.1. The number of fused-ring (bicyclic) bond motifs is 1. The van der Waals surface area contributed by atoms with Gasteiger partial charge in [0.15, 0.2) is 17.0 Å². The number of pyridine rings is 1. The highest BCUT2D eigenvalue weighted by atomic mass is 16.7. The molecule has 3 aromatic heterocycles. The molecule has 3 rings (SSSR count). The van der Waals surface area contributed by atoms with E-state index >= 15 is 0 Å². The van der Waals surface area contributed by atoms with Gasteiger partial charge >= 0.3 is 18.2 Å². The molecule has 0 atom stereocenters. The van der Waals surface area contributed by atoms with Crippen molar-refractivity contribution in [3.63, 3.8) is 0 Å². The van der Waals surface area contributed by atoms with Crippen molar-refractivity contribution in [2.24, 2.45) is 0 Å². The molecule has 10 heteroatoms. The largest absolute Gasteiger partial charge is 0.516 e. The molecule has 3 heterocycles. The van der Waals surface area contributed by atoms with Crippen LogP contribution in [0.25, 0.3) is 11.2 Å². The molecular formula is C21H28N6O4. The molecule has 0 spiro atoms. The van der Waals surface area contributed by atoms with Crippen LogP contribution in [-0.2, 0) is 11.3 Å². The van der Waals surface area contributed by atoms with E-state index in [4.69, 9.17) is 19.9 Å². The molecule has 10 nitrogen and oxygen atoms in total. The monoisotopic (exact) mass is 428 g/mol. The first kappa shape index (κ1) is 22.3. The predicted molar refractivity (Wildman–Crippen MR) is 115 cm³/mol. The van der Waals surface area contributed by atoms with Crippen LogP contribution in [0, 0.1) is 0 Å². The number of rotatable bonds is 11. The van der Waals surface area contributed by atoms with Gasteiger partial charge in [-0.3, -0.25) is 9.55 Å². The van der Waals surface area contributed by atoms with Crippen LogP contribution in [0.5, 0.6) is 12.0 Å². The van der Waals surface area contributed by atoms with E-state index in [1.54, 1.807) is 17.0 Å². The summed E-state index contributed by atoms with van der Waals surface area (Å²) in [6.07, 6.45) is 7.19. The van der Waals surface area contributed by atoms with Gasteiger partial charge in [0.25, 0.3) is 0 Å². The fraction of sp³-hybridized carbons (Fsp3) is 0.476. The molecular weight excluding hydrogens is 400 g/mol. The average Bonchev–Trinajstić information content (AvgIpc) is 3.10. The van der Waals surface area contributed by atoms with Crippen LogP contribution >= 0.6 is 0 Å². The van der Waals surface area contributed by atoms with Crippen molar-refractivity contribution in [2.75, 3.05) is 18.9 Å². The third kappa shape index (κ3) is 6.03. The number of hydrogen-bond donors (Lipinski definition) is 1. The maximum atomic E-state index is 12.2. The first-order valence-electron chi connectivity index (χ1n) is 10.5. The number of carbonyl (C=O) groups excluding carboxylic acids is 1. The molecule has 0 aliphatic carbocycles. The van der Waals surface area contributed by atoms with Gasteiger partial charge in [-0.25, -0.2) is 4.79 Å². The van der Waals surface area contributed by atoms with Gasteiger partial charge in [0.05, 0.1) is 19.8 Å². The summed E-state index contributed by atoms with van der Waals surface area (Å²) >= 11 is 0. The zero-order valence-electron chi connectivity index (χ0n) is 17.9. The summed E-state index contributed by atoms with van der Waals surface area (Å²) in [6, 6.07) is 3.89. The number of aromatic nitrogens is 5. The van der Waals surface area contributed by atoms with E-state index < -0.39 is 6.16 Å². The van der Waals surface area contributed by atoms with Crippen LogP contribution in [0.15, 0.2) is 24.5 Å². The minimum Gasteiger partial charge on any atom is -0.463 e. The van der Waals surface area contributed by atoms with Crippen molar-refractivity contribution < 1.29 is 19.0 Å². The molecule has 3 aromatic rings. The average molecular weight is 428 g/mol. The lowest BCUT2D eigenvalue weighted by Crippen LogP contribution is -2.15. The Morgan fingerprint density at radius 3 is 2.68 bits per heavy atom.